The van der Waals surface area contributed by atoms with Gasteiger partial charge in [-0.2, -0.15) is 0 Å². The molecule has 1 heterocycles. The van der Waals surface area contributed by atoms with Crippen LogP contribution in [-0.2, 0) is 12.3 Å². The van der Waals surface area contributed by atoms with Gasteiger partial charge in [0.2, 0.25) is 0 Å². The van der Waals surface area contributed by atoms with Gasteiger partial charge < -0.3 is 4.80 Å². The van der Waals surface area contributed by atoms with Crippen molar-refractivity contribution in [1.29, 1.82) is 0 Å². The van der Waals surface area contributed by atoms with E-state index in [1.165, 1.54) is 10.9 Å². The summed E-state index contributed by atoms with van der Waals surface area (Å²) in [5.41, 5.74) is 2.12. The van der Waals surface area contributed by atoms with Crippen molar-refractivity contribution in [2.24, 2.45) is 0 Å². The quantitative estimate of drug-likeness (QED) is 0.303. The fraction of sp³-hybridized carbons (Fsp3) is 0.222. The standard InChI is InChI=1S/C27H28ClNOSi/c1-27(2,18-17-25-24-16-10-9-11-21(24)20-29-26(25)19-28)31(30,22-12-5-3-6-13-22)23-14-7-4-8-15-23/h3-16,20,30H,17-19H2,1-2H3. The van der Waals surface area contributed by atoms with Crippen LogP contribution in [0.5, 0.6) is 0 Å². The molecule has 4 heteroatoms. The highest BCUT2D eigenvalue weighted by molar-refractivity contribution is 6.98. The van der Waals surface area contributed by atoms with E-state index >= 15 is 0 Å². The van der Waals surface area contributed by atoms with E-state index in [2.05, 4.69) is 61.3 Å². The second-order valence-corrected chi connectivity index (χ2v) is 12.9. The second kappa shape index (κ2) is 8.95. The van der Waals surface area contributed by atoms with Crippen molar-refractivity contribution in [3.05, 3.63) is 102 Å². The molecule has 3 aromatic carbocycles. The Balaban J connectivity index is 1.76. The predicted octanol–water partition coefficient (Wildman–Crippen LogP) is 5.44. The summed E-state index contributed by atoms with van der Waals surface area (Å²) in [6.07, 6.45) is 3.55. The molecule has 0 amide bonds. The van der Waals surface area contributed by atoms with Gasteiger partial charge in [-0.1, -0.05) is 98.8 Å². The number of aromatic nitrogens is 1. The van der Waals surface area contributed by atoms with E-state index in [0.717, 1.165) is 34.3 Å². The molecule has 1 N–H and O–H groups in total. The van der Waals surface area contributed by atoms with Gasteiger partial charge in [0.05, 0.1) is 11.6 Å². The zero-order valence-electron chi connectivity index (χ0n) is 18.1. The Labute approximate surface area is 190 Å². The SMILES string of the molecule is CC(C)(CCc1c(CCl)ncc2ccccc12)[Si](O)(c1ccccc1)c1ccccc1. The van der Waals surface area contributed by atoms with Crippen LogP contribution in [0.1, 0.15) is 31.5 Å². The summed E-state index contributed by atoms with van der Waals surface area (Å²) in [7, 11) is -3.03. The summed E-state index contributed by atoms with van der Waals surface area (Å²) >= 11 is 6.26. The monoisotopic (exact) mass is 445 g/mol. The van der Waals surface area contributed by atoms with Gasteiger partial charge in [0.1, 0.15) is 0 Å². The van der Waals surface area contributed by atoms with Crippen LogP contribution in [0.15, 0.2) is 91.1 Å². The second-order valence-electron chi connectivity index (χ2n) is 8.73. The summed E-state index contributed by atoms with van der Waals surface area (Å²) in [6.45, 7) is 4.41. The lowest BCUT2D eigenvalue weighted by Crippen LogP contribution is -2.65. The highest BCUT2D eigenvalue weighted by atomic mass is 35.5. The minimum absolute atomic E-state index is 0.309. The molecule has 4 aromatic rings. The molecular weight excluding hydrogens is 418 g/mol. The van der Waals surface area contributed by atoms with Crippen molar-refractivity contribution >= 4 is 41.1 Å². The zero-order chi connectivity index (χ0) is 21.9. The molecule has 0 atom stereocenters. The number of nitrogens with zero attached hydrogens (tertiary/aromatic N) is 1. The molecule has 0 saturated carbocycles. The molecule has 0 spiro atoms. The van der Waals surface area contributed by atoms with Crippen LogP contribution in [-0.4, -0.2) is 18.1 Å². The minimum Gasteiger partial charge on any atom is -0.424 e. The third-order valence-electron chi connectivity index (χ3n) is 6.48. The molecular formula is C27H28ClNOSi. The van der Waals surface area contributed by atoms with Crippen molar-refractivity contribution < 1.29 is 4.80 Å². The average Bonchev–Trinajstić information content (AvgIpc) is 2.82. The van der Waals surface area contributed by atoms with Gasteiger partial charge in [-0.15, -0.1) is 11.6 Å². The van der Waals surface area contributed by atoms with Crippen molar-refractivity contribution in [2.45, 2.75) is 37.6 Å². The highest BCUT2D eigenvalue weighted by Crippen LogP contribution is 2.40. The van der Waals surface area contributed by atoms with E-state index < -0.39 is 8.32 Å². The molecule has 1 aromatic heterocycles. The lowest BCUT2D eigenvalue weighted by Gasteiger charge is -2.41. The van der Waals surface area contributed by atoms with E-state index in [-0.39, 0.29) is 5.04 Å². The van der Waals surface area contributed by atoms with Crippen LogP contribution in [0.2, 0.25) is 5.04 Å². The number of pyridine rings is 1. The van der Waals surface area contributed by atoms with Crippen LogP contribution in [0, 0.1) is 0 Å². The maximum Gasteiger partial charge on any atom is 0.258 e. The van der Waals surface area contributed by atoms with Gasteiger partial charge in [0, 0.05) is 11.6 Å². The Kier molecular flexibility index (Phi) is 6.28. The highest BCUT2D eigenvalue weighted by Gasteiger charge is 2.49. The maximum absolute atomic E-state index is 12.4. The number of fused-ring (bicyclic) bond motifs is 1. The first-order chi connectivity index (χ1) is 15.0. The first-order valence-corrected chi connectivity index (χ1v) is 13.2. The van der Waals surface area contributed by atoms with Gasteiger partial charge in [0.25, 0.3) is 8.32 Å². The van der Waals surface area contributed by atoms with Crippen LogP contribution >= 0.6 is 11.6 Å². The molecule has 0 aliphatic heterocycles. The first-order valence-electron chi connectivity index (χ1n) is 10.7. The molecule has 0 radical (unpaired) electrons. The lowest BCUT2D eigenvalue weighted by atomic mass is 9.96. The molecule has 0 fully saturated rings. The van der Waals surface area contributed by atoms with Gasteiger partial charge in [-0.05, 0) is 39.2 Å². The molecule has 0 aliphatic carbocycles. The fourth-order valence-corrected chi connectivity index (χ4v) is 8.55. The summed E-state index contributed by atoms with van der Waals surface area (Å²) in [5, 5.41) is 4.10. The number of alkyl halides is 1. The predicted molar refractivity (Wildman–Crippen MR) is 134 cm³/mol. The summed E-state index contributed by atoms with van der Waals surface area (Å²) in [6, 6.07) is 28.7. The van der Waals surface area contributed by atoms with E-state index in [1.54, 1.807) is 0 Å². The largest absolute Gasteiger partial charge is 0.424 e. The fourth-order valence-electron chi connectivity index (χ4n) is 4.58. The normalized spacial score (nSPS) is 12.3. The van der Waals surface area contributed by atoms with Crippen molar-refractivity contribution in [3.63, 3.8) is 0 Å². The molecule has 0 saturated heterocycles. The number of aryl methyl sites for hydroxylation is 1. The summed E-state index contributed by atoms with van der Waals surface area (Å²) in [5.74, 6) is 0.389. The van der Waals surface area contributed by atoms with E-state index in [9.17, 15) is 4.80 Å². The Morgan fingerprint density at radius 1 is 0.839 bits per heavy atom. The van der Waals surface area contributed by atoms with Crippen molar-refractivity contribution in [1.82, 2.24) is 4.98 Å². The van der Waals surface area contributed by atoms with Gasteiger partial charge >= 0.3 is 0 Å². The topological polar surface area (TPSA) is 33.1 Å². The molecule has 0 aliphatic rings. The van der Waals surface area contributed by atoms with Crippen LogP contribution in [0.3, 0.4) is 0 Å². The number of halogens is 1. The number of benzene rings is 3. The van der Waals surface area contributed by atoms with Crippen molar-refractivity contribution in [3.8, 4) is 0 Å². The molecule has 2 nitrogen and oxygen atoms in total. The minimum atomic E-state index is -3.03. The molecule has 31 heavy (non-hydrogen) atoms. The Bertz CT molecular complexity index is 1120. The number of rotatable bonds is 7. The lowest BCUT2D eigenvalue weighted by molar-refractivity contribution is 0.466. The first kappa shape index (κ1) is 21.8. The Hall–Kier alpha value is -2.46. The number of hydrogen-bond donors (Lipinski definition) is 1. The molecule has 0 unspecified atom stereocenters. The smallest absolute Gasteiger partial charge is 0.258 e. The van der Waals surface area contributed by atoms with Crippen molar-refractivity contribution in [2.75, 3.05) is 0 Å². The third-order valence-corrected chi connectivity index (χ3v) is 11.3. The van der Waals surface area contributed by atoms with E-state index in [4.69, 9.17) is 11.6 Å². The zero-order valence-corrected chi connectivity index (χ0v) is 19.8. The van der Waals surface area contributed by atoms with Gasteiger partial charge in [-0.25, -0.2) is 0 Å². The van der Waals surface area contributed by atoms with E-state index in [0.29, 0.717) is 5.88 Å². The van der Waals surface area contributed by atoms with Crippen LogP contribution in [0.4, 0.5) is 0 Å². The summed E-state index contributed by atoms with van der Waals surface area (Å²) < 4.78 is 0. The van der Waals surface area contributed by atoms with Gasteiger partial charge in [0.15, 0.2) is 0 Å². The molecule has 4 rings (SSSR count). The maximum atomic E-state index is 12.4. The Morgan fingerprint density at radius 2 is 1.39 bits per heavy atom. The molecule has 0 bridgehead atoms. The van der Waals surface area contributed by atoms with Crippen LogP contribution in [0.25, 0.3) is 10.8 Å². The average molecular weight is 446 g/mol. The van der Waals surface area contributed by atoms with E-state index in [1.807, 2.05) is 48.7 Å². The van der Waals surface area contributed by atoms with Crippen LogP contribution < -0.4 is 10.4 Å². The number of hydrogen-bond acceptors (Lipinski definition) is 2. The Morgan fingerprint density at radius 3 is 1.97 bits per heavy atom. The molecule has 158 valence electrons. The third kappa shape index (κ3) is 4.06. The summed E-state index contributed by atoms with van der Waals surface area (Å²) in [4.78, 5) is 17.0. The van der Waals surface area contributed by atoms with Gasteiger partial charge in [-0.3, -0.25) is 4.98 Å².